The van der Waals surface area contributed by atoms with Crippen molar-refractivity contribution < 1.29 is 0 Å². The van der Waals surface area contributed by atoms with Crippen molar-refractivity contribution in [3.05, 3.63) is 178 Å². The highest BCUT2D eigenvalue weighted by Crippen LogP contribution is 2.38. The lowest BCUT2D eigenvalue weighted by molar-refractivity contribution is 0.933. The van der Waals surface area contributed by atoms with Crippen LogP contribution in [0, 0.1) is 27.7 Å². The Labute approximate surface area is 278 Å². The van der Waals surface area contributed by atoms with Crippen molar-refractivity contribution in [1.82, 2.24) is 0 Å². The summed E-state index contributed by atoms with van der Waals surface area (Å²) in [6.07, 6.45) is 4.15. The van der Waals surface area contributed by atoms with Crippen molar-refractivity contribution in [3.63, 3.8) is 0 Å². The predicted octanol–water partition coefficient (Wildman–Crippen LogP) is 8.32. The topological polar surface area (TPSA) is 0 Å². The molecule has 4 bridgehead atoms. The van der Waals surface area contributed by atoms with Gasteiger partial charge in [0.1, 0.15) is 0 Å². The minimum Gasteiger partial charge on any atom is -0.0622 e. The maximum atomic E-state index is 2.58. The molecule has 0 heterocycles. The third-order valence-corrected chi connectivity index (χ3v) is 14.1. The molecule has 4 aliphatic carbocycles. The standard InChI is InChI=1S/C44H42P2/c1-31-23-32(2)26-41(25-31)46(42-27-33(3)24-34(4)28-42)44-30-36-16-20-37-19-15-35(17-21-38(44)22-18-36)29-43(37)45(39-11-7-5-8-12-39)40-13-9-6-10-14-40/h5-15,18-19,22-30H,16-17,20-21H2,1-4H3. The molecule has 0 N–H and O–H groups in total. The molecule has 0 fully saturated rings. The summed E-state index contributed by atoms with van der Waals surface area (Å²) in [4.78, 5) is 0. The van der Waals surface area contributed by atoms with Gasteiger partial charge in [0.25, 0.3) is 0 Å². The van der Waals surface area contributed by atoms with Crippen LogP contribution in [0.2, 0.25) is 0 Å². The zero-order valence-corrected chi connectivity index (χ0v) is 29.2. The van der Waals surface area contributed by atoms with Crippen LogP contribution in [0.3, 0.4) is 0 Å². The first kappa shape index (κ1) is 30.8. The Balaban J connectivity index is 1.34. The number of rotatable bonds is 6. The Hall–Kier alpha value is -3.82. The van der Waals surface area contributed by atoms with Crippen LogP contribution >= 0.6 is 15.8 Å². The van der Waals surface area contributed by atoms with Gasteiger partial charge in [-0.25, -0.2) is 0 Å². The second kappa shape index (κ2) is 13.5. The molecule has 0 saturated carbocycles. The summed E-state index contributed by atoms with van der Waals surface area (Å²) in [6, 6.07) is 51.6. The fraction of sp³-hybridized carbons (Fsp3) is 0.182. The molecule has 6 aromatic carbocycles. The van der Waals surface area contributed by atoms with Crippen LogP contribution in [-0.4, -0.2) is 0 Å². The van der Waals surface area contributed by atoms with E-state index < -0.39 is 15.8 Å². The second-order valence-corrected chi connectivity index (χ2v) is 17.3. The maximum Gasteiger partial charge on any atom is -0.0116 e. The van der Waals surface area contributed by atoms with Gasteiger partial charge in [0.2, 0.25) is 0 Å². The average Bonchev–Trinajstić information content (AvgIpc) is 3.03. The zero-order valence-electron chi connectivity index (χ0n) is 27.4. The summed E-state index contributed by atoms with van der Waals surface area (Å²) in [5, 5.41) is 8.83. The van der Waals surface area contributed by atoms with Crippen molar-refractivity contribution in [2.24, 2.45) is 0 Å². The third kappa shape index (κ3) is 6.67. The molecule has 0 amide bonds. The van der Waals surface area contributed by atoms with Gasteiger partial charge in [-0.3, -0.25) is 0 Å². The number of hydrogen-bond acceptors (Lipinski definition) is 0. The quantitative estimate of drug-likeness (QED) is 0.162. The normalized spacial score (nSPS) is 12.8. The Morgan fingerprint density at radius 3 is 1.11 bits per heavy atom. The van der Waals surface area contributed by atoms with Gasteiger partial charge < -0.3 is 0 Å². The molecule has 0 unspecified atom stereocenters. The minimum atomic E-state index is -0.695. The van der Waals surface area contributed by atoms with Gasteiger partial charge in [0.15, 0.2) is 0 Å². The van der Waals surface area contributed by atoms with E-state index in [0.29, 0.717) is 0 Å². The van der Waals surface area contributed by atoms with E-state index in [1.807, 2.05) is 0 Å². The largest absolute Gasteiger partial charge is 0.0622 e. The van der Waals surface area contributed by atoms with Gasteiger partial charge >= 0.3 is 0 Å². The first-order chi connectivity index (χ1) is 22.4. The van der Waals surface area contributed by atoms with Crippen molar-refractivity contribution in [2.75, 3.05) is 0 Å². The molecule has 228 valence electrons. The van der Waals surface area contributed by atoms with Crippen LogP contribution in [0.4, 0.5) is 0 Å². The Morgan fingerprint density at radius 1 is 0.348 bits per heavy atom. The smallest absolute Gasteiger partial charge is 0.0116 e. The van der Waals surface area contributed by atoms with E-state index in [0.717, 1.165) is 25.7 Å². The molecule has 4 aliphatic rings. The highest BCUT2D eigenvalue weighted by molar-refractivity contribution is 7.80. The molecule has 46 heavy (non-hydrogen) atoms. The van der Waals surface area contributed by atoms with Crippen molar-refractivity contribution in [2.45, 2.75) is 53.4 Å². The van der Waals surface area contributed by atoms with Gasteiger partial charge in [-0.15, -0.1) is 0 Å². The van der Waals surface area contributed by atoms with Crippen LogP contribution in [0.15, 0.2) is 133 Å². The number of aryl methyl sites for hydroxylation is 8. The first-order valence-electron chi connectivity index (χ1n) is 16.5. The lowest BCUT2D eigenvalue weighted by atomic mass is 9.96. The van der Waals surface area contributed by atoms with Crippen LogP contribution in [0.5, 0.6) is 0 Å². The van der Waals surface area contributed by atoms with Crippen LogP contribution in [-0.2, 0) is 25.7 Å². The lowest BCUT2D eigenvalue weighted by Crippen LogP contribution is -2.26. The van der Waals surface area contributed by atoms with Crippen LogP contribution in [0.1, 0.15) is 44.5 Å². The van der Waals surface area contributed by atoms with E-state index >= 15 is 0 Å². The van der Waals surface area contributed by atoms with E-state index in [9.17, 15) is 0 Å². The van der Waals surface area contributed by atoms with E-state index in [1.54, 1.807) is 0 Å². The molecule has 0 nitrogen and oxygen atoms in total. The summed E-state index contributed by atoms with van der Waals surface area (Å²) in [6.45, 7) is 8.98. The predicted molar refractivity (Wildman–Crippen MR) is 204 cm³/mol. The van der Waals surface area contributed by atoms with Gasteiger partial charge in [-0.1, -0.05) is 156 Å². The van der Waals surface area contributed by atoms with E-state index in [4.69, 9.17) is 0 Å². The monoisotopic (exact) mass is 632 g/mol. The molecule has 0 radical (unpaired) electrons. The summed E-state index contributed by atoms with van der Waals surface area (Å²) in [5.41, 5.74) is 11.3. The third-order valence-electron chi connectivity index (χ3n) is 9.11. The molecule has 0 aliphatic heterocycles. The highest BCUT2D eigenvalue weighted by Gasteiger charge is 2.24. The molecule has 6 aromatic rings. The Morgan fingerprint density at radius 2 is 0.717 bits per heavy atom. The molecule has 0 atom stereocenters. The molecule has 0 spiro atoms. The minimum absolute atomic E-state index is 0.643. The average molecular weight is 633 g/mol. The van der Waals surface area contributed by atoms with E-state index in [1.165, 1.54) is 76.3 Å². The van der Waals surface area contributed by atoms with Gasteiger partial charge in [0.05, 0.1) is 0 Å². The molecule has 0 saturated heterocycles. The van der Waals surface area contributed by atoms with E-state index in [-0.39, 0.29) is 0 Å². The van der Waals surface area contributed by atoms with E-state index in [2.05, 4.69) is 161 Å². The van der Waals surface area contributed by atoms with Crippen molar-refractivity contribution in [1.29, 1.82) is 0 Å². The van der Waals surface area contributed by atoms with Gasteiger partial charge in [-0.2, -0.15) is 0 Å². The Kier molecular flexibility index (Phi) is 9.04. The lowest BCUT2D eigenvalue weighted by Gasteiger charge is -2.26. The molecular weight excluding hydrogens is 590 g/mol. The maximum absolute atomic E-state index is 2.58. The second-order valence-electron chi connectivity index (χ2n) is 13.0. The molecule has 10 rings (SSSR count). The van der Waals surface area contributed by atoms with Crippen molar-refractivity contribution in [3.8, 4) is 0 Å². The van der Waals surface area contributed by atoms with Crippen LogP contribution in [0.25, 0.3) is 0 Å². The summed E-state index contributed by atoms with van der Waals surface area (Å²) in [5.74, 6) is 0. The Bertz CT molecular complexity index is 1860. The summed E-state index contributed by atoms with van der Waals surface area (Å²) >= 11 is 0. The molecule has 2 heteroatoms. The SMILES string of the molecule is Cc1cc(C)cc(P(c2cc(C)cc(C)c2)c2cc3ccc2CCc2ccc(c(P(c4ccccc4)c4ccccc4)c2)CC3)c1. The van der Waals surface area contributed by atoms with Crippen LogP contribution < -0.4 is 31.8 Å². The van der Waals surface area contributed by atoms with Crippen molar-refractivity contribution >= 4 is 47.7 Å². The van der Waals surface area contributed by atoms with Gasteiger partial charge in [0, 0.05) is 0 Å². The zero-order chi connectivity index (χ0) is 31.6. The fourth-order valence-corrected chi connectivity index (χ4v) is 12.6. The molecular formula is C44H42P2. The summed E-state index contributed by atoms with van der Waals surface area (Å²) < 4.78 is 0. The number of hydrogen-bond donors (Lipinski definition) is 0. The fourth-order valence-electron chi connectivity index (χ4n) is 7.10. The number of benzene rings is 6. The summed E-state index contributed by atoms with van der Waals surface area (Å²) in [7, 11) is -1.34. The first-order valence-corrected chi connectivity index (χ1v) is 19.2. The molecule has 0 aromatic heterocycles. The van der Waals surface area contributed by atoms with Gasteiger partial charge in [-0.05, 0) is 123 Å². The highest BCUT2D eigenvalue weighted by atomic mass is 31.1.